The minimum absolute atomic E-state index is 0.0309. The van der Waals surface area contributed by atoms with Gasteiger partial charge in [0.1, 0.15) is 0 Å². The number of ether oxygens (including phenoxy) is 1. The summed E-state index contributed by atoms with van der Waals surface area (Å²) in [6.45, 7) is 4.04. The largest absolute Gasteiger partial charge is 0.393 e. The van der Waals surface area contributed by atoms with E-state index in [0.29, 0.717) is 5.92 Å². The van der Waals surface area contributed by atoms with Gasteiger partial charge < -0.3 is 15.2 Å². The summed E-state index contributed by atoms with van der Waals surface area (Å²) in [7, 11) is 0. The van der Waals surface area contributed by atoms with Crippen LogP contribution in [0, 0.1) is 11.8 Å². The van der Waals surface area contributed by atoms with Crippen LogP contribution >= 0.6 is 0 Å². The van der Waals surface area contributed by atoms with Gasteiger partial charge in [-0.05, 0) is 44.1 Å². The van der Waals surface area contributed by atoms with Crippen LogP contribution in [0.3, 0.4) is 0 Å². The zero-order valence-electron chi connectivity index (χ0n) is 8.74. The first-order valence-corrected chi connectivity index (χ1v) is 5.81. The minimum atomic E-state index is -0.0309. The normalized spacial score (nSPS) is 37.9. The molecule has 0 radical (unpaired) electrons. The Labute approximate surface area is 85.8 Å². The number of hydrogen-bond acceptors (Lipinski definition) is 3. The van der Waals surface area contributed by atoms with Crippen molar-refractivity contribution < 1.29 is 9.84 Å². The van der Waals surface area contributed by atoms with Gasteiger partial charge >= 0.3 is 0 Å². The van der Waals surface area contributed by atoms with Gasteiger partial charge in [0, 0.05) is 13.2 Å². The van der Waals surface area contributed by atoms with Crippen LogP contribution in [0.25, 0.3) is 0 Å². The molecule has 0 bridgehead atoms. The first kappa shape index (κ1) is 10.4. The first-order valence-electron chi connectivity index (χ1n) is 5.81. The van der Waals surface area contributed by atoms with Gasteiger partial charge in [0.25, 0.3) is 0 Å². The Morgan fingerprint density at radius 1 is 1.14 bits per heavy atom. The van der Waals surface area contributed by atoms with E-state index < -0.39 is 0 Å². The fraction of sp³-hybridized carbons (Fsp3) is 1.00. The molecule has 1 aliphatic heterocycles. The molecule has 1 saturated carbocycles. The third-order valence-electron chi connectivity index (χ3n) is 3.40. The summed E-state index contributed by atoms with van der Waals surface area (Å²) in [4.78, 5) is 0. The Morgan fingerprint density at radius 3 is 2.64 bits per heavy atom. The second kappa shape index (κ2) is 5.10. The molecule has 3 atom stereocenters. The zero-order chi connectivity index (χ0) is 9.80. The average molecular weight is 199 g/mol. The molecule has 14 heavy (non-hydrogen) atoms. The van der Waals surface area contributed by atoms with E-state index >= 15 is 0 Å². The summed E-state index contributed by atoms with van der Waals surface area (Å²) < 4.78 is 5.32. The van der Waals surface area contributed by atoms with E-state index in [1.807, 2.05) is 0 Å². The summed E-state index contributed by atoms with van der Waals surface area (Å²) in [6.07, 6.45) is 4.36. The molecule has 1 aliphatic carbocycles. The maximum absolute atomic E-state index is 9.36. The molecule has 2 fully saturated rings. The third kappa shape index (κ3) is 2.94. The van der Waals surface area contributed by atoms with Gasteiger partial charge in [-0.1, -0.05) is 0 Å². The highest BCUT2D eigenvalue weighted by Crippen LogP contribution is 2.24. The lowest BCUT2D eigenvalue weighted by molar-refractivity contribution is 0.176. The average Bonchev–Trinajstić information content (AvgIpc) is 2.77. The van der Waals surface area contributed by atoms with E-state index in [9.17, 15) is 5.11 Å². The molecule has 1 heterocycles. The van der Waals surface area contributed by atoms with E-state index in [0.717, 1.165) is 45.1 Å². The molecule has 2 N–H and O–H groups in total. The van der Waals surface area contributed by atoms with Crippen LogP contribution in [-0.4, -0.2) is 37.5 Å². The fourth-order valence-corrected chi connectivity index (χ4v) is 2.47. The predicted octanol–water partition coefficient (Wildman–Crippen LogP) is 0.773. The van der Waals surface area contributed by atoms with Crippen LogP contribution in [-0.2, 0) is 4.74 Å². The molecular weight excluding hydrogens is 178 g/mol. The minimum Gasteiger partial charge on any atom is -0.393 e. The van der Waals surface area contributed by atoms with Gasteiger partial charge in [0.2, 0.25) is 0 Å². The van der Waals surface area contributed by atoms with Crippen molar-refractivity contribution in [1.82, 2.24) is 5.32 Å². The highest BCUT2D eigenvalue weighted by molar-refractivity contribution is 4.77. The Hall–Kier alpha value is -0.120. The van der Waals surface area contributed by atoms with Crippen molar-refractivity contribution in [2.24, 2.45) is 11.8 Å². The second-order valence-electron chi connectivity index (χ2n) is 4.72. The van der Waals surface area contributed by atoms with Crippen molar-refractivity contribution >= 4 is 0 Å². The Kier molecular flexibility index (Phi) is 3.79. The molecule has 0 spiro atoms. The highest BCUT2D eigenvalue weighted by atomic mass is 16.5. The topological polar surface area (TPSA) is 41.5 Å². The van der Waals surface area contributed by atoms with Crippen LogP contribution in [0.1, 0.15) is 25.7 Å². The Bertz CT molecular complexity index is 169. The summed E-state index contributed by atoms with van der Waals surface area (Å²) in [5.74, 6) is 1.42. The van der Waals surface area contributed by atoms with Crippen molar-refractivity contribution in [3.05, 3.63) is 0 Å². The monoisotopic (exact) mass is 199 g/mol. The lowest BCUT2D eigenvalue weighted by Gasteiger charge is -2.13. The molecule has 0 aromatic carbocycles. The number of rotatable bonds is 4. The lowest BCUT2D eigenvalue weighted by Crippen LogP contribution is -2.27. The van der Waals surface area contributed by atoms with Crippen LogP contribution < -0.4 is 5.32 Å². The molecule has 0 aromatic rings. The number of nitrogens with one attached hydrogen (secondary N) is 1. The number of hydrogen-bond donors (Lipinski definition) is 2. The maximum atomic E-state index is 9.36. The molecule has 3 unspecified atom stereocenters. The van der Waals surface area contributed by atoms with Gasteiger partial charge in [-0.2, -0.15) is 0 Å². The molecule has 2 rings (SSSR count). The molecule has 0 aromatic heterocycles. The molecular formula is C11H21NO2. The number of aliphatic hydroxyl groups excluding tert-OH is 1. The summed E-state index contributed by atoms with van der Waals surface area (Å²) in [5.41, 5.74) is 0. The zero-order valence-corrected chi connectivity index (χ0v) is 8.74. The van der Waals surface area contributed by atoms with Gasteiger partial charge in [-0.3, -0.25) is 0 Å². The third-order valence-corrected chi connectivity index (χ3v) is 3.40. The SMILES string of the molecule is OC1CCC(CNCC2CCOC2)C1. The van der Waals surface area contributed by atoms with Crippen molar-refractivity contribution in [3.63, 3.8) is 0 Å². The van der Waals surface area contributed by atoms with Crippen LogP contribution in [0.4, 0.5) is 0 Å². The van der Waals surface area contributed by atoms with Crippen molar-refractivity contribution in [2.45, 2.75) is 31.8 Å². The smallest absolute Gasteiger partial charge is 0.0543 e. The Morgan fingerprint density at radius 2 is 2.00 bits per heavy atom. The lowest BCUT2D eigenvalue weighted by atomic mass is 10.1. The fourth-order valence-electron chi connectivity index (χ4n) is 2.47. The summed E-state index contributed by atoms with van der Waals surface area (Å²) in [6, 6.07) is 0. The molecule has 2 aliphatic rings. The number of aliphatic hydroxyl groups is 1. The van der Waals surface area contributed by atoms with Gasteiger partial charge in [-0.25, -0.2) is 0 Å². The van der Waals surface area contributed by atoms with Crippen molar-refractivity contribution in [3.8, 4) is 0 Å². The van der Waals surface area contributed by atoms with Gasteiger partial charge in [0.05, 0.1) is 12.7 Å². The first-order chi connectivity index (χ1) is 6.84. The molecule has 82 valence electrons. The van der Waals surface area contributed by atoms with Gasteiger partial charge in [0.15, 0.2) is 0 Å². The molecule has 1 saturated heterocycles. The van der Waals surface area contributed by atoms with Crippen molar-refractivity contribution in [2.75, 3.05) is 26.3 Å². The van der Waals surface area contributed by atoms with E-state index in [2.05, 4.69) is 5.32 Å². The van der Waals surface area contributed by atoms with E-state index in [1.165, 1.54) is 12.8 Å². The van der Waals surface area contributed by atoms with Crippen LogP contribution in [0.2, 0.25) is 0 Å². The standard InChI is InChI=1S/C11H21NO2/c13-11-2-1-9(5-11)6-12-7-10-3-4-14-8-10/h9-13H,1-8H2. The summed E-state index contributed by atoms with van der Waals surface area (Å²) in [5, 5.41) is 12.9. The van der Waals surface area contributed by atoms with E-state index in [1.54, 1.807) is 0 Å². The predicted molar refractivity (Wildman–Crippen MR) is 55.1 cm³/mol. The second-order valence-corrected chi connectivity index (χ2v) is 4.72. The van der Waals surface area contributed by atoms with Crippen LogP contribution in [0.5, 0.6) is 0 Å². The quantitative estimate of drug-likeness (QED) is 0.703. The van der Waals surface area contributed by atoms with E-state index in [-0.39, 0.29) is 6.10 Å². The maximum Gasteiger partial charge on any atom is 0.0543 e. The van der Waals surface area contributed by atoms with E-state index in [4.69, 9.17) is 4.74 Å². The highest BCUT2D eigenvalue weighted by Gasteiger charge is 2.22. The molecule has 0 amide bonds. The van der Waals surface area contributed by atoms with Crippen molar-refractivity contribution in [1.29, 1.82) is 0 Å². The summed E-state index contributed by atoms with van der Waals surface area (Å²) >= 11 is 0. The molecule has 3 nitrogen and oxygen atoms in total. The molecule has 3 heteroatoms. The Balaban J connectivity index is 1.54. The van der Waals surface area contributed by atoms with Crippen LogP contribution in [0.15, 0.2) is 0 Å². The van der Waals surface area contributed by atoms with Gasteiger partial charge in [-0.15, -0.1) is 0 Å².